The van der Waals surface area contributed by atoms with Crippen LogP contribution in [0.25, 0.3) is 0 Å². The van der Waals surface area contributed by atoms with Crippen LogP contribution in [0.1, 0.15) is 38.7 Å². The van der Waals surface area contributed by atoms with Gasteiger partial charge in [0.25, 0.3) is 0 Å². The molecule has 2 rings (SSSR count). The summed E-state index contributed by atoms with van der Waals surface area (Å²) >= 11 is 0. The largest absolute Gasteiger partial charge is 0.480 e. The first-order chi connectivity index (χ1) is 11.2. The minimum Gasteiger partial charge on any atom is -0.480 e. The maximum absolute atomic E-state index is 12.5. The molecular weight excluding hydrogens is 312 g/mol. The molecule has 1 N–H and O–H groups in total. The Morgan fingerprint density at radius 1 is 1.08 bits per heavy atom. The average molecular weight is 332 g/mol. The zero-order valence-electron chi connectivity index (χ0n) is 13.7. The third-order valence-electron chi connectivity index (χ3n) is 4.71. The van der Waals surface area contributed by atoms with Gasteiger partial charge in [0.1, 0.15) is 0 Å². The number of carboxylic acid groups (broad SMARTS) is 1. The van der Waals surface area contributed by atoms with Crippen molar-refractivity contribution in [2.45, 2.75) is 45.1 Å². The molecule has 128 valence electrons. The number of hydrogen-bond donors (Lipinski definition) is 1. The summed E-state index contributed by atoms with van der Waals surface area (Å²) < 4.78 is 5.31. The SMILES string of the molecule is CC(=O)C(Cc1ccccc1)(OC(=O)C1(C(=O)O)CCC1)C(C)=O. The van der Waals surface area contributed by atoms with E-state index >= 15 is 0 Å². The van der Waals surface area contributed by atoms with Gasteiger partial charge in [0.05, 0.1) is 0 Å². The molecule has 1 aromatic carbocycles. The second kappa shape index (κ2) is 6.55. The molecule has 0 aliphatic heterocycles. The lowest BCUT2D eigenvalue weighted by Gasteiger charge is -2.38. The molecule has 6 nitrogen and oxygen atoms in total. The maximum atomic E-state index is 12.5. The highest BCUT2D eigenvalue weighted by atomic mass is 16.6. The van der Waals surface area contributed by atoms with Gasteiger partial charge in [-0.2, -0.15) is 0 Å². The summed E-state index contributed by atoms with van der Waals surface area (Å²) in [6, 6.07) is 8.70. The van der Waals surface area contributed by atoms with Gasteiger partial charge in [-0.05, 0) is 38.7 Å². The number of rotatable bonds is 7. The molecule has 1 saturated carbocycles. The van der Waals surface area contributed by atoms with Crippen LogP contribution in [0.3, 0.4) is 0 Å². The topological polar surface area (TPSA) is 97.7 Å². The third kappa shape index (κ3) is 2.96. The van der Waals surface area contributed by atoms with E-state index in [9.17, 15) is 24.3 Å². The monoisotopic (exact) mass is 332 g/mol. The Labute approximate surface area is 139 Å². The maximum Gasteiger partial charge on any atom is 0.324 e. The van der Waals surface area contributed by atoms with Gasteiger partial charge in [-0.1, -0.05) is 30.3 Å². The normalized spacial score (nSPS) is 15.9. The highest BCUT2D eigenvalue weighted by Gasteiger charge is 2.56. The van der Waals surface area contributed by atoms with E-state index in [-0.39, 0.29) is 19.3 Å². The first-order valence-corrected chi connectivity index (χ1v) is 7.77. The van der Waals surface area contributed by atoms with Crippen LogP contribution in [-0.2, 0) is 30.3 Å². The van der Waals surface area contributed by atoms with Crippen molar-refractivity contribution in [2.75, 3.05) is 0 Å². The number of hydrogen-bond acceptors (Lipinski definition) is 5. The second-order valence-electron chi connectivity index (χ2n) is 6.23. The molecule has 0 unspecified atom stereocenters. The van der Waals surface area contributed by atoms with Crippen LogP contribution >= 0.6 is 0 Å². The summed E-state index contributed by atoms with van der Waals surface area (Å²) in [5.41, 5.74) is -2.99. The summed E-state index contributed by atoms with van der Waals surface area (Å²) in [5, 5.41) is 9.35. The summed E-state index contributed by atoms with van der Waals surface area (Å²) in [6.07, 6.45) is 0.782. The lowest BCUT2D eigenvalue weighted by atomic mass is 9.68. The van der Waals surface area contributed by atoms with Crippen molar-refractivity contribution < 1.29 is 29.0 Å². The Morgan fingerprint density at radius 3 is 2.00 bits per heavy atom. The molecule has 1 aliphatic rings. The quantitative estimate of drug-likeness (QED) is 0.605. The Bertz CT molecular complexity index is 658. The Hall–Kier alpha value is -2.50. The number of carbonyl (C=O) groups is 4. The van der Waals surface area contributed by atoms with E-state index < -0.39 is 34.5 Å². The smallest absolute Gasteiger partial charge is 0.324 e. The number of aliphatic carboxylic acids is 1. The number of ether oxygens (including phenoxy) is 1. The van der Waals surface area contributed by atoms with Gasteiger partial charge in [0.2, 0.25) is 5.60 Å². The minimum absolute atomic E-state index is 0.111. The Kier molecular flexibility index (Phi) is 4.87. The van der Waals surface area contributed by atoms with Crippen molar-refractivity contribution in [3.8, 4) is 0 Å². The molecule has 0 spiro atoms. The molecule has 1 aliphatic carbocycles. The number of esters is 1. The molecule has 0 heterocycles. The fraction of sp³-hybridized carbons (Fsp3) is 0.444. The van der Waals surface area contributed by atoms with Gasteiger partial charge in [-0.15, -0.1) is 0 Å². The molecule has 0 saturated heterocycles. The van der Waals surface area contributed by atoms with Crippen LogP contribution in [0.5, 0.6) is 0 Å². The van der Waals surface area contributed by atoms with E-state index in [1.54, 1.807) is 30.3 Å². The third-order valence-corrected chi connectivity index (χ3v) is 4.71. The average Bonchev–Trinajstić information content (AvgIpc) is 2.45. The van der Waals surface area contributed by atoms with Gasteiger partial charge < -0.3 is 9.84 Å². The first kappa shape index (κ1) is 17.8. The fourth-order valence-electron chi connectivity index (χ4n) is 2.85. The molecule has 0 amide bonds. The molecule has 0 radical (unpaired) electrons. The summed E-state index contributed by atoms with van der Waals surface area (Å²) in [4.78, 5) is 48.4. The van der Waals surface area contributed by atoms with Crippen molar-refractivity contribution in [1.29, 1.82) is 0 Å². The highest BCUT2D eigenvalue weighted by Crippen LogP contribution is 2.43. The Balaban J connectivity index is 2.36. The van der Waals surface area contributed by atoms with E-state index in [2.05, 4.69) is 0 Å². The van der Waals surface area contributed by atoms with Crippen LogP contribution in [-0.4, -0.2) is 34.2 Å². The number of carboxylic acids is 1. The molecule has 0 aromatic heterocycles. The zero-order valence-corrected chi connectivity index (χ0v) is 13.7. The zero-order chi connectivity index (χ0) is 18.0. The van der Waals surface area contributed by atoms with Crippen molar-refractivity contribution in [1.82, 2.24) is 0 Å². The summed E-state index contributed by atoms with van der Waals surface area (Å²) in [6.45, 7) is 2.34. The molecule has 1 fully saturated rings. The van der Waals surface area contributed by atoms with Gasteiger partial charge in [-0.25, -0.2) is 0 Å². The van der Waals surface area contributed by atoms with Crippen LogP contribution < -0.4 is 0 Å². The second-order valence-corrected chi connectivity index (χ2v) is 6.23. The lowest BCUT2D eigenvalue weighted by molar-refractivity contribution is -0.190. The summed E-state index contributed by atoms with van der Waals surface area (Å²) in [7, 11) is 0. The molecule has 24 heavy (non-hydrogen) atoms. The van der Waals surface area contributed by atoms with Crippen molar-refractivity contribution in [3.05, 3.63) is 35.9 Å². The lowest BCUT2D eigenvalue weighted by Crippen LogP contribution is -2.55. The predicted octanol–water partition coefficient (Wildman–Crippen LogP) is 1.94. The standard InChI is InChI=1S/C18H20O6/c1-12(19)18(13(2)20,11-14-7-4-3-5-8-14)24-16(23)17(15(21)22)9-6-10-17/h3-5,7-8H,6,9-11H2,1-2H3,(H,21,22). The van der Waals surface area contributed by atoms with Crippen molar-refractivity contribution in [3.63, 3.8) is 0 Å². The molecule has 0 atom stereocenters. The van der Waals surface area contributed by atoms with Gasteiger partial charge >= 0.3 is 11.9 Å². The van der Waals surface area contributed by atoms with Crippen LogP contribution in [0, 0.1) is 5.41 Å². The van der Waals surface area contributed by atoms with E-state index in [4.69, 9.17) is 4.74 Å². The number of benzene rings is 1. The van der Waals surface area contributed by atoms with E-state index in [0.29, 0.717) is 12.0 Å². The van der Waals surface area contributed by atoms with Crippen LogP contribution in [0.15, 0.2) is 30.3 Å². The fourth-order valence-corrected chi connectivity index (χ4v) is 2.85. The first-order valence-electron chi connectivity index (χ1n) is 7.77. The van der Waals surface area contributed by atoms with E-state index in [1.165, 1.54) is 13.8 Å². The van der Waals surface area contributed by atoms with Crippen molar-refractivity contribution >= 4 is 23.5 Å². The highest BCUT2D eigenvalue weighted by molar-refractivity contribution is 6.11. The molecule has 0 bridgehead atoms. The summed E-state index contributed by atoms with van der Waals surface area (Å²) in [5.74, 6) is -3.53. The Morgan fingerprint density at radius 2 is 1.62 bits per heavy atom. The van der Waals surface area contributed by atoms with Gasteiger partial charge in [0, 0.05) is 6.42 Å². The number of ketones is 2. The van der Waals surface area contributed by atoms with E-state index in [0.717, 1.165) is 0 Å². The van der Waals surface area contributed by atoms with Gasteiger partial charge in [-0.3, -0.25) is 19.2 Å². The molecule has 6 heteroatoms. The van der Waals surface area contributed by atoms with Crippen LogP contribution in [0.4, 0.5) is 0 Å². The van der Waals surface area contributed by atoms with Gasteiger partial charge in [0.15, 0.2) is 17.0 Å². The number of Topliss-reactive ketones (excluding diaryl/α,β-unsaturated/α-hetero) is 2. The van der Waals surface area contributed by atoms with Crippen LogP contribution in [0.2, 0.25) is 0 Å². The number of carbonyl (C=O) groups excluding carboxylic acids is 3. The molecular formula is C18H20O6. The minimum atomic E-state index is -1.99. The predicted molar refractivity (Wildman–Crippen MR) is 84.3 cm³/mol. The van der Waals surface area contributed by atoms with E-state index in [1.807, 2.05) is 0 Å². The molecule has 1 aromatic rings. The van der Waals surface area contributed by atoms with Crippen molar-refractivity contribution in [2.24, 2.45) is 5.41 Å².